The summed E-state index contributed by atoms with van der Waals surface area (Å²) in [6.07, 6.45) is 5.28. The number of carbonyl (C=O) groups excluding carboxylic acids is 1. The van der Waals surface area contributed by atoms with Crippen LogP contribution >= 0.6 is 0 Å². The van der Waals surface area contributed by atoms with Gasteiger partial charge in [-0.3, -0.25) is 4.98 Å². The van der Waals surface area contributed by atoms with Crippen molar-refractivity contribution < 1.29 is 9.53 Å². The van der Waals surface area contributed by atoms with Gasteiger partial charge in [0, 0.05) is 36.0 Å². The van der Waals surface area contributed by atoms with Crippen molar-refractivity contribution in [3.05, 3.63) is 41.6 Å². The van der Waals surface area contributed by atoms with Gasteiger partial charge in [-0.25, -0.2) is 4.79 Å². The van der Waals surface area contributed by atoms with Crippen LogP contribution in [0.4, 0.5) is 0 Å². The molecule has 138 valence electrons. The lowest BCUT2D eigenvalue weighted by molar-refractivity contribution is -0.000283. The molecule has 4 nitrogen and oxygen atoms in total. The van der Waals surface area contributed by atoms with Gasteiger partial charge < -0.3 is 9.64 Å². The number of fused-ring (bicyclic) bond motifs is 3. The molecule has 2 bridgehead atoms. The van der Waals surface area contributed by atoms with Crippen molar-refractivity contribution in [1.82, 2.24) is 9.88 Å². The Morgan fingerprint density at radius 1 is 1.23 bits per heavy atom. The quantitative estimate of drug-likeness (QED) is 0.773. The van der Waals surface area contributed by atoms with Crippen LogP contribution in [0.2, 0.25) is 0 Å². The fourth-order valence-electron chi connectivity index (χ4n) is 4.59. The number of pyridine rings is 1. The predicted molar refractivity (Wildman–Crippen MR) is 103 cm³/mol. The van der Waals surface area contributed by atoms with Crippen molar-refractivity contribution in [1.29, 1.82) is 0 Å². The highest BCUT2D eigenvalue weighted by atomic mass is 16.5. The average molecular weight is 352 g/mol. The molecular formula is C22H28N2O2. The number of nitrogens with zero attached hydrogens (tertiary/aromatic N) is 2. The van der Waals surface area contributed by atoms with E-state index in [1.54, 1.807) is 0 Å². The number of para-hydroxylation sites is 1. The number of benzene rings is 1. The molecule has 1 aromatic carbocycles. The zero-order valence-corrected chi connectivity index (χ0v) is 15.9. The molecule has 2 aromatic rings. The Labute approximate surface area is 155 Å². The molecule has 4 heteroatoms. The number of aromatic nitrogens is 1. The van der Waals surface area contributed by atoms with Crippen molar-refractivity contribution in [3.8, 4) is 0 Å². The van der Waals surface area contributed by atoms with E-state index in [1.165, 1.54) is 12.8 Å². The highest BCUT2D eigenvalue weighted by Crippen LogP contribution is 2.36. The van der Waals surface area contributed by atoms with E-state index in [0.717, 1.165) is 35.9 Å². The molecule has 0 spiro atoms. The maximum atomic E-state index is 13.0. The number of hydrogen-bond acceptors (Lipinski definition) is 4. The van der Waals surface area contributed by atoms with Gasteiger partial charge in [0.25, 0.3) is 0 Å². The molecule has 3 heterocycles. The molecule has 2 fully saturated rings. The summed E-state index contributed by atoms with van der Waals surface area (Å²) in [7, 11) is 2.20. The standard InChI is InChI=1S/C22H28N2O2/c1-14(2)10-15-11-20(19-6-4-5-7-21(19)23-15)22(25)26-18-12-16-8-9-17(13-18)24(16)3/h4-7,11,14,16-18H,8-10,12-13H2,1-3H3. The van der Waals surface area contributed by atoms with Crippen LogP contribution in [0.5, 0.6) is 0 Å². The lowest BCUT2D eigenvalue weighted by atomic mass is 10.00. The lowest BCUT2D eigenvalue weighted by Gasteiger charge is -2.35. The molecule has 0 radical (unpaired) electrons. The van der Waals surface area contributed by atoms with E-state index in [4.69, 9.17) is 9.72 Å². The molecule has 0 saturated carbocycles. The third kappa shape index (κ3) is 3.35. The van der Waals surface area contributed by atoms with Gasteiger partial charge >= 0.3 is 5.97 Å². The highest BCUT2D eigenvalue weighted by molar-refractivity contribution is 6.03. The van der Waals surface area contributed by atoms with Gasteiger partial charge in [0.15, 0.2) is 0 Å². The van der Waals surface area contributed by atoms with E-state index in [0.29, 0.717) is 23.6 Å². The van der Waals surface area contributed by atoms with Gasteiger partial charge in [-0.05, 0) is 44.4 Å². The van der Waals surface area contributed by atoms with E-state index < -0.39 is 0 Å². The summed E-state index contributed by atoms with van der Waals surface area (Å²) in [5, 5.41) is 0.890. The van der Waals surface area contributed by atoms with Gasteiger partial charge in [0.2, 0.25) is 0 Å². The SMILES string of the molecule is CC(C)Cc1cc(C(=O)OC2CC3CCC(C2)N3C)c2ccccc2n1. The summed E-state index contributed by atoms with van der Waals surface area (Å²) in [5.74, 6) is 0.305. The van der Waals surface area contributed by atoms with Crippen molar-refractivity contribution >= 4 is 16.9 Å². The van der Waals surface area contributed by atoms with Gasteiger partial charge in [-0.15, -0.1) is 0 Å². The van der Waals surface area contributed by atoms with E-state index in [1.807, 2.05) is 30.3 Å². The molecular weight excluding hydrogens is 324 g/mol. The number of rotatable bonds is 4. The summed E-state index contributed by atoms with van der Waals surface area (Å²) in [6, 6.07) is 10.9. The minimum atomic E-state index is -0.192. The van der Waals surface area contributed by atoms with Gasteiger partial charge in [0.05, 0.1) is 11.1 Å². The van der Waals surface area contributed by atoms with Crippen LogP contribution in [0.15, 0.2) is 30.3 Å². The molecule has 2 atom stereocenters. The first-order valence-corrected chi connectivity index (χ1v) is 9.83. The van der Waals surface area contributed by atoms with Crippen LogP contribution in [0.3, 0.4) is 0 Å². The topological polar surface area (TPSA) is 42.4 Å². The Hall–Kier alpha value is -1.94. The Balaban J connectivity index is 1.59. The fraction of sp³-hybridized carbons (Fsp3) is 0.545. The summed E-state index contributed by atoms with van der Waals surface area (Å²) < 4.78 is 5.98. The van der Waals surface area contributed by atoms with Gasteiger partial charge in [-0.2, -0.15) is 0 Å². The van der Waals surface area contributed by atoms with Crippen molar-refractivity contribution in [2.75, 3.05) is 7.05 Å². The molecule has 0 aliphatic carbocycles. The van der Waals surface area contributed by atoms with Crippen LogP contribution in [0, 0.1) is 5.92 Å². The third-order valence-electron chi connectivity index (χ3n) is 5.94. The second-order valence-corrected chi connectivity index (χ2v) is 8.33. The molecule has 1 aromatic heterocycles. The van der Waals surface area contributed by atoms with Crippen LogP contribution in [0.1, 0.15) is 55.6 Å². The van der Waals surface area contributed by atoms with Crippen LogP contribution < -0.4 is 0 Å². The van der Waals surface area contributed by atoms with Crippen LogP contribution in [-0.4, -0.2) is 41.1 Å². The molecule has 26 heavy (non-hydrogen) atoms. The number of carbonyl (C=O) groups is 1. The molecule has 2 saturated heterocycles. The van der Waals surface area contributed by atoms with Crippen molar-refractivity contribution in [2.24, 2.45) is 5.92 Å². The van der Waals surface area contributed by atoms with Gasteiger partial charge in [0.1, 0.15) is 6.10 Å². The van der Waals surface area contributed by atoms with Gasteiger partial charge in [-0.1, -0.05) is 32.0 Å². The first kappa shape index (κ1) is 17.5. The van der Waals surface area contributed by atoms with Crippen LogP contribution in [0.25, 0.3) is 10.9 Å². The Morgan fingerprint density at radius 2 is 1.92 bits per heavy atom. The molecule has 4 rings (SSSR count). The summed E-state index contributed by atoms with van der Waals surface area (Å²) >= 11 is 0. The number of esters is 1. The second kappa shape index (κ2) is 6.99. The second-order valence-electron chi connectivity index (χ2n) is 8.33. The lowest BCUT2D eigenvalue weighted by Crippen LogP contribution is -2.43. The first-order valence-electron chi connectivity index (χ1n) is 9.83. The highest BCUT2D eigenvalue weighted by Gasteiger charge is 2.40. The molecule has 2 aliphatic rings. The molecule has 2 aliphatic heterocycles. The Morgan fingerprint density at radius 3 is 2.62 bits per heavy atom. The van der Waals surface area contributed by atoms with Crippen molar-refractivity contribution in [2.45, 2.75) is 64.1 Å². The summed E-state index contributed by atoms with van der Waals surface area (Å²) in [4.78, 5) is 20.2. The van der Waals surface area contributed by atoms with Crippen LogP contribution in [-0.2, 0) is 11.2 Å². The molecule has 2 unspecified atom stereocenters. The zero-order valence-electron chi connectivity index (χ0n) is 15.9. The Bertz CT molecular complexity index is 803. The summed E-state index contributed by atoms with van der Waals surface area (Å²) in [5.41, 5.74) is 2.51. The number of hydrogen-bond donors (Lipinski definition) is 0. The average Bonchev–Trinajstić information content (AvgIpc) is 2.81. The third-order valence-corrected chi connectivity index (χ3v) is 5.94. The fourth-order valence-corrected chi connectivity index (χ4v) is 4.59. The number of piperidine rings is 1. The van der Waals surface area contributed by atoms with E-state index >= 15 is 0 Å². The predicted octanol–water partition coefficient (Wildman–Crippen LogP) is 4.22. The maximum absolute atomic E-state index is 13.0. The zero-order chi connectivity index (χ0) is 18.3. The van der Waals surface area contributed by atoms with E-state index in [2.05, 4.69) is 25.8 Å². The number of ether oxygens (including phenoxy) is 1. The molecule has 0 amide bonds. The van der Waals surface area contributed by atoms with E-state index in [-0.39, 0.29) is 12.1 Å². The monoisotopic (exact) mass is 352 g/mol. The largest absolute Gasteiger partial charge is 0.459 e. The smallest absolute Gasteiger partial charge is 0.339 e. The maximum Gasteiger partial charge on any atom is 0.339 e. The first-order chi connectivity index (χ1) is 12.5. The van der Waals surface area contributed by atoms with Crippen molar-refractivity contribution in [3.63, 3.8) is 0 Å². The normalized spacial score (nSPS) is 25.8. The van der Waals surface area contributed by atoms with E-state index in [9.17, 15) is 4.79 Å². The minimum absolute atomic E-state index is 0.0386. The Kier molecular flexibility index (Phi) is 4.70. The molecule has 0 N–H and O–H groups in total. The minimum Gasteiger partial charge on any atom is -0.459 e. The summed E-state index contributed by atoms with van der Waals surface area (Å²) in [6.45, 7) is 4.34.